The zero-order valence-electron chi connectivity index (χ0n) is 19.9. The maximum atomic E-state index is 13.3. The van der Waals surface area contributed by atoms with E-state index >= 15 is 0 Å². The van der Waals surface area contributed by atoms with Gasteiger partial charge in [-0.3, -0.25) is 0 Å². The third-order valence-electron chi connectivity index (χ3n) is 5.87. The van der Waals surface area contributed by atoms with E-state index in [1.807, 2.05) is 54.6 Å². The van der Waals surface area contributed by atoms with Gasteiger partial charge in [-0.15, -0.1) is 0 Å². The van der Waals surface area contributed by atoms with Crippen molar-refractivity contribution in [1.29, 1.82) is 0 Å². The van der Waals surface area contributed by atoms with Gasteiger partial charge in [-0.2, -0.15) is 13.2 Å². The average molecular weight is 481 g/mol. The van der Waals surface area contributed by atoms with E-state index in [0.29, 0.717) is 5.56 Å². The minimum Gasteiger partial charge on any atom is -0.407 e. The van der Waals surface area contributed by atoms with Gasteiger partial charge in [0.1, 0.15) is 0 Å². The van der Waals surface area contributed by atoms with Crippen LogP contribution in [0.4, 0.5) is 13.2 Å². The fourth-order valence-electron chi connectivity index (χ4n) is 4.33. The third kappa shape index (κ3) is 6.62. The maximum Gasteiger partial charge on any atom is 0.390 e. The van der Waals surface area contributed by atoms with E-state index in [1.54, 1.807) is 12.1 Å². The molecule has 0 spiro atoms. The number of hydrogen-bond acceptors (Lipinski definition) is 1. The Morgan fingerprint density at radius 3 is 1.68 bits per heavy atom. The molecular formula is C29H31F3OSi. The van der Waals surface area contributed by atoms with Gasteiger partial charge < -0.3 is 4.43 Å². The molecule has 0 radical (unpaired) electrons. The molecule has 0 aliphatic heterocycles. The van der Waals surface area contributed by atoms with Crippen molar-refractivity contribution in [3.63, 3.8) is 0 Å². The zero-order valence-corrected chi connectivity index (χ0v) is 20.9. The third-order valence-corrected chi connectivity index (χ3v) is 10.9. The highest BCUT2D eigenvalue weighted by Crippen LogP contribution is 2.37. The Labute approximate surface area is 202 Å². The summed E-state index contributed by atoms with van der Waals surface area (Å²) in [5.41, 5.74) is 0.711. The van der Waals surface area contributed by atoms with Crippen molar-refractivity contribution in [1.82, 2.24) is 0 Å². The van der Waals surface area contributed by atoms with Crippen LogP contribution in [-0.4, -0.2) is 21.1 Å². The van der Waals surface area contributed by atoms with Crippen LogP contribution >= 0.6 is 0 Å². The van der Waals surface area contributed by atoms with Gasteiger partial charge in [0, 0.05) is 18.1 Å². The van der Waals surface area contributed by atoms with E-state index in [4.69, 9.17) is 4.43 Å². The lowest BCUT2D eigenvalue weighted by Crippen LogP contribution is -2.66. The first-order valence-corrected chi connectivity index (χ1v) is 13.4. The van der Waals surface area contributed by atoms with Gasteiger partial charge >= 0.3 is 6.18 Å². The Balaban J connectivity index is 1.91. The fourth-order valence-corrected chi connectivity index (χ4v) is 8.91. The molecule has 5 heteroatoms. The van der Waals surface area contributed by atoms with E-state index < -0.39 is 26.8 Å². The average Bonchev–Trinajstić information content (AvgIpc) is 2.80. The molecule has 0 saturated heterocycles. The maximum absolute atomic E-state index is 13.3. The fraction of sp³-hybridized carbons (Fsp3) is 0.310. The lowest BCUT2D eigenvalue weighted by Gasteiger charge is -2.43. The standard InChI is InChI=1S/C29H31F3OSi/c1-28(2,3)34(26-15-9-5-10-16-26,27-17-11-6-12-18-27)33-22-21-25(23-29(30,31)32)20-19-24-13-7-4-8-14-24/h4-18,25H,21-23H2,1-3H3. The molecule has 1 atom stereocenters. The predicted octanol–water partition coefficient (Wildman–Crippen LogP) is 6.57. The molecule has 0 aliphatic carbocycles. The Morgan fingerprint density at radius 2 is 1.24 bits per heavy atom. The van der Waals surface area contributed by atoms with Crippen LogP contribution in [0, 0.1) is 17.8 Å². The van der Waals surface area contributed by atoms with E-state index in [0.717, 1.165) is 10.4 Å². The van der Waals surface area contributed by atoms with Crippen LogP contribution in [0.15, 0.2) is 91.0 Å². The SMILES string of the molecule is CC(C)(C)[Si](OCCC(C#Cc1ccccc1)CC(F)(F)F)(c1ccccc1)c1ccccc1. The van der Waals surface area contributed by atoms with Crippen LogP contribution < -0.4 is 10.4 Å². The predicted molar refractivity (Wildman–Crippen MR) is 136 cm³/mol. The first-order valence-electron chi connectivity index (χ1n) is 11.5. The van der Waals surface area contributed by atoms with Crippen molar-refractivity contribution in [3.8, 4) is 11.8 Å². The van der Waals surface area contributed by atoms with Gasteiger partial charge in [0.2, 0.25) is 0 Å². The van der Waals surface area contributed by atoms with Gasteiger partial charge in [0.25, 0.3) is 8.32 Å². The van der Waals surface area contributed by atoms with E-state index in [2.05, 4.69) is 56.9 Å². The normalized spacial score (nSPS) is 13.1. The topological polar surface area (TPSA) is 9.23 Å². The quantitative estimate of drug-likeness (QED) is 0.274. The summed E-state index contributed by atoms with van der Waals surface area (Å²) in [4.78, 5) is 0. The summed E-state index contributed by atoms with van der Waals surface area (Å²) in [6.45, 7) is 6.67. The van der Waals surface area contributed by atoms with Crippen molar-refractivity contribution in [2.45, 2.75) is 44.8 Å². The molecule has 3 aromatic rings. The van der Waals surface area contributed by atoms with E-state index in [-0.39, 0.29) is 18.1 Å². The van der Waals surface area contributed by atoms with Crippen LogP contribution in [0.1, 0.15) is 39.2 Å². The first kappa shape index (κ1) is 25.8. The summed E-state index contributed by atoms with van der Waals surface area (Å²) in [7, 11) is -2.79. The summed E-state index contributed by atoms with van der Waals surface area (Å²) in [6.07, 6.45) is -5.02. The van der Waals surface area contributed by atoms with Gasteiger partial charge in [-0.25, -0.2) is 0 Å². The van der Waals surface area contributed by atoms with Crippen LogP contribution in [0.3, 0.4) is 0 Å². The first-order chi connectivity index (χ1) is 16.1. The summed E-state index contributed by atoms with van der Waals surface area (Å²) < 4.78 is 46.7. The largest absolute Gasteiger partial charge is 0.407 e. The lowest BCUT2D eigenvalue weighted by atomic mass is 10.0. The minimum atomic E-state index is -4.28. The van der Waals surface area contributed by atoms with Gasteiger partial charge in [-0.05, 0) is 34.0 Å². The van der Waals surface area contributed by atoms with Crippen LogP contribution in [0.2, 0.25) is 5.04 Å². The molecule has 0 fully saturated rings. The highest BCUT2D eigenvalue weighted by molar-refractivity contribution is 6.99. The molecule has 0 aromatic heterocycles. The zero-order chi connectivity index (χ0) is 24.7. The molecule has 0 aliphatic rings. The Bertz CT molecular complexity index is 1040. The second-order valence-electron chi connectivity index (χ2n) is 9.45. The summed E-state index contributed by atoms with van der Waals surface area (Å²) in [5.74, 6) is 4.94. The second kappa shape index (κ2) is 11.1. The van der Waals surface area contributed by atoms with Crippen LogP contribution in [0.25, 0.3) is 0 Å². The molecular weight excluding hydrogens is 449 g/mol. The summed E-state index contributed by atoms with van der Waals surface area (Å²) in [6, 6.07) is 29.3. The molecule has 0 saturated carbocycles. The molecule has 1 nitrogen and oxygen atoms in total. The molecule has 0 bridgehead atoms. The van der Waals surface area contributed by atoms with Crippen LogP contribution in [0.5, 0.6) is 0 Å². The minimum absolute atomic E-state index is 0.206. The van der Waals surface area contributed by atoms with Gasteiger partial charge in [0.15, 0.2) is 0 Å². The van der Waals surface area contributed by atoms with Gasteiger partial charge in [-0.1, -0.05) is 111 Å². The molecule has 0 heterocycles. The molecule has 34 heavy (non-hydrogen) atoms. The van der Waals surface area contributed by atoms with Crippen molar-refractivity contribution in [3.05, 3.63) is 96.6 Å². The highest BCUT2D eigenvalue weighted by Gasteiger charge is 2.50. The lowest BCUT2D eigenvalue weighted by molar-refractivity contribution is -0.141. The van der Waals surface area contributed by atoms with Crippen LogP contribution in [-0.2, 0) is 4.43 Å². The molecule has 178 valence electrons. The van der Waals surface area contributed by atoms with Crippen molar-refractivity contribution in [2.75, 3.05) is 6.61 Å². The van der Waals surface area contributed by atoms with Crippen molar-refractivity contribution < 1.29 is 17.6 Å². The molecule has 0 amide bonds. The number of halogens is 3. The second-order valence-corrected chi connectivity index (χ2v) is 13.8. The van der Waals surface area contributed by atoms with Crippen molar-refractivity contribution in [2.24, 2.45) is 5.92 Å². The smallest absolute Gasteiger partial charge is 0.390 e. The number of benzene rings is 3. The Hall–Kier alpha value is -2.81. The number of rotatable bonds is 7. The van der Waals surface area contributed by atoms with Crippen molar-refractivity contribution >= 4 is 18.7 Å². The molecule has 3 rings (SSSR count). The van der Waals surface area contributed by atoms with Gasteiger partial charge in [0.05, 0.1) is 6.42 Å². The Kier molecular flexibility index (Phi) is 8.40. The number of alkyl halides is 3. The highest BCUT2D eigenvalue weighted by atomic mass is 28.4. The summed E-state index contributed by atoms with van der Waals surface area (Å²) >= 11 is 0. The molecule has 0 N–H and O–H groups in total. The Morgan fingerprint density at radius 1 is 0.765 bits per heavy atom. The van der Waals surface area contributed by atoms with E-state index in [1.165, 1.54) is 0 Å². The monoisotopic (exact) mass is 480 g/mol. The van der Waals surface area contributed by atoms with E-state index in [9.17, 15) is 13.2 Å². The molecule has 1 unspecified atom stereocenters. The summed E-state index contributed by atoms with van der Waals surface area (Å²) in [5, 5.41) is 1.98. The molecule has 3 aromatic carbocycles. The number of hydrogen-bond donors (Lipinski definition) is 0.